The summed E-state index contributed by atoms with van der Waals surface area (Å²) in [4.78, 5) is 4.58. The number of ether oxygens (including phenoxy) is 1. The summed E-state index contributed by atoms with van der Waals surface area (Å²) < 4.78 is 10.1. The van der Waals surface area contributed by atoms with E-state index in [9.17, 15) is 0 Å². The summed E-state index contributed by atoms with van der Waals surface area (Å²) in [7, 11) is 0. The zero-order chi connectivity index (χ0) is 23.2. The minimum atomic E-state index is 0. The molecule has 0 unspecified atom stereocenters. The van der Waals surface area contributed by atoms with Crippen molar-refractivity contribution in [1.29, 1.82) is 0 Å². The number of benzene rings is 4. The van der Waals surface area contributed by atoms with Gasteiger partial charge in [0.05, 0.1) is 11.3 Å². The Kier molecular flexibility index (Phi) is 5.63. The maximum atomic E-state index is 6.19. The van der Waals surface area contributed by atoms with Crippen LogP contribution in [0.1, 0.15) is 0 Å². The van der Waals surface area contributed by atoms with E-state index in [2.05, 4.69) is 39.7 Å². The van der Waals surface area contributed by atoms with Crippen molar-refractivity contribution in [1.82, 2.24) is 19.2 Å². The van der Waals surface area contributed by atoms with Crippen LogP contribution in [0.25, 0.3) is 44.3 Å². The van der Waals surface area contributed by atoms with E-state index < -0.39 is 0 Å². The number of hydrogen-bond donors (Lipinski definition) is 0. The maximum Gasteiger partial charge on any atom is 2.00 e. The molecule has 6 heteroatoms. The third kappa shape index (κ3) is 3.78. The van der Waals surface area contributed by atoms with Crippen molar-refractivity contribution in [2.24, 2.45) is 0 Å². The molecule has 0 amide bonds. The smallest absolute Gasteiger partial charge is 0.503 e. The van der Waals surface area contributed by atoms with Crippen molar-refractivity contribution in [3.63, 3.8) is 0 Å². The summed E-state index contributed by atoms with van der Waals surface area (Å²) in [5, 5.41) is 7.87. The van der Waals surface area contributed by atoms with Crippen LogP contribution >= 0.6 is 0 Å². The van der Waals surface area contributed by atoms with Gasteiger partial charge in [0.25, 0.3) is 0 Å². The number of fused-ring (bicyclic) bond motifs is 6. The predicted octanol–water partition coefficient (Wildman–Crippen LogP) is 6.88. The number of rotatable bonds is 4. The van der Waals surface area contributed by atoms with Crippen LogP contribution in [0.5, 0.6) is 11.5 Å². The molecule has 174 valence electrons. The van der Waals surface area contributed by atoms with E-state index >= 15 is 0 Å². The van der Waals surface area contributed by atoms with Gasteiger partial charge in [0.2, 0.25) is 0 Å². The molecule has 0 N–H and O–H groups in total. The third-order valence-corrected chi connectivity index (χ3v) is 6.12. The van der Waals surface area contributed by atoms with E-state index in [0.29, 0.717) is 11.5 Å². The van der Waals surface area contributed by atoms with E-state index in [4.69, 9.17) is 9.84 Å². The minimum absolute atomic E-state index is 0. The molecular formula is C30H18N4OPt. The van der Waals surface area contributed by atoms with Crippen LogP contribution in [0.2, 0.25) is 0 Å². The molecule has 0 saturated carbocycles. The molecule has 0 aliphatic carbocycles. The van der Waals surface area contributed by atoms with Crippen molar-refractivity contribution < 1.29 is 25.8 Å². The van der Waals surface area contributed by atoms with E-state index in [0.717, 1.165) is 44.3 Å². The molecule has 36 heavy (non-hydrogen) atoms. The molecule has 0 aliphatic rings. The second-order valence-electron chi connectivity index (χ2n) is 8.26. The van der Waals surface area contributed by atoms with Crippen LogP contribution in [0, 0.1) is 12.1 Å². The Balaban J connectivity index is 0.00000240. The van der Waals surface area contributed by atoms with Crippen molar-refractivity contribution in [2.75, 3.05) is 0 Å². The van der Waals surface area contributed by atoms with Crippen LogP contribution in [-0.4, -0.2) is 19.2 Å². The average molecular weight is 646 g/mol. The fraction of sp³-hybridized carbons (Fsp3) is 0. The number of aromatic nitrogens is 4. The molecule has 0 bridgehead atoms. The fourth-order valence-corrected chi connectivity index (χ4v) is 4.50. The first-order valence-corrected chi connectivity index (χ1v) is 11.3. The summed E-state index contributed by atoms with van der Waals surface area (Å²) in [6, 6.07) is 37.0. The molecular weight excluding hydrogens is 627 g/mol. The molecule has 5 nitrogen and oxygen atoms in total. The molecule has 3 heterocycles. The third-order valence-electron chi connectivity index (χ3n) is 6.12. The van der Waals surface area contributed by atoms with Crippen molar-refractivity contribution >= 4 is 27.3 Å². The molecule has 7 rings (SSSR count). The summed E-state index contributed by atoms with van der Waals surface area (Å²) in [6.45, 7) is 0. The molecule has 3 aromatic heterocycles. The van der Waals surface area contributed by atoms with E-state index in [-0.39, 0.29) is 21.1 Å². The average Bonchev–Trinajstić information content (AvgIpc) is 3.61. The molecule has 7 aromatic rings. The second-order valence-corrected chi connectivity index (χ2v) is 8.26. The number of nitrogens with zero attached hydrogens (tertiary/aromatic N) is 4. The number of para-hydroxylation sites is 1. The van der Waals surface area contributed by atoms with Crippen molar-refractivity contribution in [3.05, 3.63) is 122 Å². The van der Waals surface area contributed by atoms with Crippen LogP contribution in [0.3, 0.4) is 0 Å². The Hall–Kier alpha value is -4.21. The van der Waals surface area contributed by atoms with Crippen LogP contribution < -0.4 is 4.74 Å². The first kappa shape index (κ1) is 22.3. The van der Waals surface area contributed by atoms with Gasteiger partial charge in [-0.25, -0.2) is 0 Å². The van der Waals surface area contributed by atoms with Crippen LogP contribution in [-0.2, 0) is 21.1 Å². The molecule has 0 spiro atoms. The Morgan fingerprint density at radius 1 is 0.694 bits per heavy atom. The van der Waals surface area contributed by atoms with Gasteiger partial charge >= 0.3 is 21.1 Å². The zero-order valence-corrected chi connectivity index (χ0v) is 21.2. The number of hydrogen-bond acceptors (Lipinski definition) is 3. The second kappa shape index (κ2) is 9.10. The quantitative estimate of drug-likeness (QED) is 0.155. The molecule has 0 aliphatic heterocycles. The molecule has 0 atom stereocenters. The monoisotopic (exact) mass is 645 g/mol. The Labute approximate surface area is 221 Å². The van der Waals surface area contributed by atoms with Gasteiger partial charge in [-0.2, -0.15) is 11.2 Å². The van der Waals surface area contributed by atoms with E-state index in [1.165, 1.54) is 0 Å². The summed E-state index contributed by atoms with van der Waals surface area (Å²) in [5.74, 6) is 1.20. The van der Waals surface area contributed by atoms with Gasteiger partial charge in [-0.15, -0.1) is 30.3 Å². The summed E-state index contributed by atoms with van der Waals surface area (Å²) in [6.07, 6.45) is 5.72. The largest absolute Gasteiger partial charge is 2.00 e. The summed E-state index contributed by atoms with van der Waals surface area (Å²) >= 11 is 0. The first-order valence-electron chi connectivity index (χ1n) is 11.3. The first-order chi connectivity index (χ1) is 17.3. The van der Waals surface area contributed by atoms with Gasteiger partial charge in [0, 0.05) is 41.2 Å². The standard InChI is InChI=1S/C30H18N4O.Pt/c1-2-7-21(8-3-1)28-15-17-34(32-28)22-9-6-10-23(19-22)35-24-13-14-25-26-11-4-5-12-29(26)33-18-16-31-30(33)27(25)20-24;/h1-18H;/q-2;+2. The van der Waals surface area contributed by atoms with Gasteiger partial charge in [0.1, 0.15) is 0 Å². The van der Waals surface area contributed by atoms with E-state index in [1.54, 1.807) is 4.68 Å². The molecule has 0 fully saturated rings. The minimum Gasteiger partial charge on any atom is -0.503 e. The van der Waals surface area contributed by atoms with Gasteiger partial charge in [0.15, 0.2) is 0 Å². The number of pyridine rings is 1. The van der Waals surface area contributed by atoms with Gasteiger partial charge < -0.3 is 9.14 Å². The molecule has 0 radical (unpaired) electrons. The van der Waals surface area contributed by atoms with Crippen LogP contribution in [0.4, 0.5) is 0 Å². The Morgan fingerprint density at radius 3 is 2.44 bits per heavy atom. The van der Waals surface area contributed by atoms with Gasteiger partial charge in [-0.1, -0.05) is 65.4 Å². The normalized spacial score (nSPS) is 11.1. The number of imidazole rings is 1. The van der Waals surface area contributed by atoms with Gasteiger partial charge in [-0.05, 0) is 23.2 Å². The Morgan fingerprint density at radius 2 is 1.53 bits per heavy atom. The van der Waals surface area contributed by atoms with Crippen molar-refractivity contribution in [3.8, 4) is 28.4 Å². The zero-order valence-electron chi connectivity index (χ0n) is 18.9. The topological polar surface area (TPSA) is 44.4 Å². The Bertz CT molecular complexity index is 1840. The molecule has 4 aromatic carbocycles. The van der Waals surface area contributed by atoms with E-state index in [1.807, 2.05) is 91.4 Å². The fourth-order valence-electron chi connectivity index (χ4n) is 4.50. The van der Waals surface area contributed by atoms with Crippen molar-refractivity contribution in [2.45, 2.75) is 0 Å². The van der Waals surface area contributed by atoms with Gasteiger partial charge in [-0.3, -0.25) is 9.67 Å². The summed E-state index contributed by atoms with van der Waals surface area (Å²) in [5.41, 5.74) is 4.75. The van der Waals surface area contributed by atoms with Crippen LogP contribution in [0.15, 0.2) is 110 Å². The molecule has 0 saturated heterocycles. The predicted molar refractivity (Wildman–Crippen MR) is 137 cm³/mol. The SMILES string of the molecule is [Pt+2].[c-]1c(Oc2[c-]c3c(cc2)c2ccccc2n2ccnc32)cccc1-n1ccc(-c2ccccc2)n1. The maximum absolute atomic E-state index is 6.19.